The predicted octanol–water partition coefficient (Wildman–Crippen LogP) is 10.2. The predicted molar refractivity (Wildman–Crippen MR) is 165 cm³/mol. The van der Waals surface area contributed by atoms with Gasteiger partial charge < -0.3 is 0 Å². The zero-order valence-electron chi connectivity index (χ0n) is 22.1. The maximum Gasteiger partial charge on any atom is 0.0702 e. The van der Waals surface area contributed by atoms with Gasteiger partial charge in [-0.1, -0.05) is 98.8 Å². The highest BCUT2D eigenvalue weighted by molar-refractivity contribution is 6.26. The third-order valence-corrected chi connectivity index (χ3v) is 8.70. The van der Waals surface area contributed by atoms with Crippen molar-refractivity contribution in [2.24, 2.45) is 0 Å². The van der Waals surface area contributed by atoms with Crippen LogP contribution in [0.5, 0.6) is 0 Å². The molecular weight excluding hydrogens is 470 g/mol. The van der Waals surface area contributed by atoms with Crippen LogP contribution in [0.3, 0.4) is 0 Å². The summed E-state index contributed by atoms with van der Waals surface area (Å²) in [5.41, 5.74) is 10.1. The molecule has 6 aromatic carbocycles. The molecule has 0 unspecified atom stereocenters. The van der Waals surface area contributed by atoms with Gasteiger partial charge in [-0.15, -0.1) is 0 Å². The van der Waals surface area contributed by atoms with Gasteiger partial charge in [0.05, 0.1) is 5.69 Å². The minimum atomic E-state index is -0.0239. The van der Waals surface area contributed by atoms with Crippen LogP contribution in [0.25, 0.3) is 65.8 Å². The summed E-state index contributed by atoms with van der Waals surface area (Å²) in [6, 6.07) is 44.5. The Hall–Kier alpha value is -4.75. The normalized spacial score (nSPS) is 13.6. The van der Waals surface area contributed by atoms with E-state index in [-0.39, 0.29) is 5.41 Å². The second-order valence-electron chi connectivity index (χ2n) is 11.2. The first-order chi connectivity index (χ1) is 19.1. The van der Waals surface area contributed by atoms with E-state index in [1.54, 1.807) is 0 Å². The summed E-state index contributed by atoms with van der Waals surface area (Å²) in [6.45, 7) is 4.72. The Kier molecular flexibility index (Phi) is 4.63. The van der Waals surface area contributed by atoms with Crippen LogP contribution in [0, 0.1) is 0 Å². The SMILES string of the molecule is CC1(C)c2ccccc2-c2cc3c4ccccc4c4cc(-c5cccc(-c6ccccn6)c5)ccc4c3cc21. The van der Waals surface area contributed by atoms with Crippen LogP contribution in [-0.2, 0) is 5.41 Å². The zero-order chi connectivity index (χ0) is 26.1. The molecule has 184 valence electrons. The fourth-order valence-corrected chi connectivity index (χ4v) is 6.72. The quantitative estimate of drug-likeness (QED) is 0.217. The number of nitrogens with zero attached hydrogens (tertiary/aromatic N) is 1. The van der Waals surface area contributed by atoms with Crippen LogP contribution in [0.4, 0.5) is 0 Å². The Labute approximate surface area is 228 Å². The van der Waals surface area contributed by atoms with Crippen molar-refractivity contribution in [3.8, 4) is 33.5 Å². The second-order valence-corrected chi connectivity index (χ2v) is 11.2. The lowest BCUT2D eigenvalue weighted by Crippen LogP contribution is -2.14. The first kappa shape index (κ1) is 22.3. The summed E-state index contributed by atoms with van der Waals surface area (Å²) in [6.07, 6.45) is 1.85. The van der Waals surface area contributed by atoms with Crippen molar-refractivity contribution >= 4 is 32.3 Å². The van der Waals surface area contributed by atoms with Gasteiger partial charge in [-0.2, -0.15) is 0 Å². The molecule has 0 spiro atoms. The van der Waals surface area contributed by atoms with E-state index in [9.17, 15) is 0 Å². The number of fused-ring (bicyclic) bond motifs is 9. The van der Waals surface area contributed by atoms with Gasteiger partial charge >= 0.3 is 0 Å². The molecule has 0 bridgehead atoms. The first-order valence-electron chi connectivity index (χ1n) is 13.6. The maximum atomic E-state index is 4.56. The van der Waals surface area contributed by atoms with Gasteiger partial charge in [0.1, 0.15) is 0 Å². The van der Waals surface area contributed by atoms with Crippen molar-refractivity contribution in [3.63, 3.8) is 0 Å². The highest BCUT2D eigenvalue weighted by Gasteiger charge is 2.35. The van der Waals surface area contributed by atoms with E-state index in [1.165, 1.54) is 65.7 Å². The number of hydrogen-bond donors (Lipinski definition) is 0. The zero-order valence-corrected chi connectivity index (χ0v) is 22.1. The standard InChI is InChI=1S/C38H27N/c1-38(2)35-15-6-5-14-30(35)34-22-32-28-13-4-3-12-27(28)31-21-25(17-18-29(31)33(32)23-36(34)38)24-10-9-11-26(20-24)37-16-7-8-19-39-37/h3-23H,1-2H3. The van der Waals surface area contributed by atoms with Crippen molar-refractivity contribution in [3.05, 3.63) is 139 Å². The molecule has 0 N–H and O–H groups in total. The van der Waals surface area contributed by atoms with Crippen molar-refractivity contribution in [2.45, 2.75) is 19.3 Å². The summed E-state index contributed by atoms with van der Waals surface area (Å²) in [5, 5.41) is 7.87. The van der Waals surface area contributed by atoms with E-state index >= 15 is 0 Å². The fraction of sp³-hybridized carbons (Fsp3) is 0.0789. The summed E-state index contributed by atoms with van der Waals surface area (Å²) >= 11 is 0. The van der Waals surface area contributed by atoms with Gasteiger partial charge in [0.25, 0.3) is 0 Å². The van der Waals surface area contributed by atoms with Gasteiger partial charge in [-0.05, 0) is 102 Å². The number of benzene rings is 6. The molecule has 0 aliphatic heterocycles. The molecule has 0 saturated heterocycles. The van der Waals surface area contributed by atoms with Crippen LogP contribution in [0.2, 0.25) is 0 Å². The molecule has 0 atom stereocenters. The van der Waals surface area contributed by atoms with Crippen LogP contribution in [0.1, 0.15) is 25.0 Å². The summed E-state index contributed by atoms with van der Waals surface area (Å²) in [4.78, 5) is 4.56. The Balaban J connectivity index is 1.40. The second kappa shape index (κ2) is 8.12. The minimum absolute atomic E-state index is 0.0239. The van der Waals surface area contributed by atoms with E-state index < -0.39 is 0 Å². The number of rotatable bonds is 2. The molecule has 0 radical (unpaired) electrons. The highest BCUT2D eigenvalue weighted by atomic mass is 14.7. The minimum Gasteiger partial charge on any atom is -0.256 e. The summed E-state index contributed by atoms with van der Waals surface area (Å²) in [5.74, 6) is 0. The molecule has 1 heterocycles. The number of pyridine rings is 1. The van der Waals surface area contributed by atoms with Crippen molar-refractivity contribution < 1.29 is 0 Å². The number of hydrogen-bond acceptors (Lipinski definition) is 1. The average Bonchev–Trinajstić information content (AvgIpc) is 3.22. The average molecular weight is 498 g/mol. The molecule has 7 aromatic rings. The van der Waals surface area contributed by atoms with Crippen molar-refractivity contribution in [2.75, 3.05) is 0 Å². The Morgan fingerprint density at radius 2 is 1.10 bits per heavy atom. The van der Waals surface area contributed by atoms with Gasteiger partial charge in [0, 0.05) is 17.2 Å². The lowest BCUT2D eigenvalue weighted by Gasteiger charge is -2.22. The summed E-state index contributed by atoms with van der Waals surface area (Å²) < 4.78 is 0. The van der Waals surface area contributed by atoms with Crippen LogP contribution in [0.15, 0.2) is 128 Å². The Morgan fingerprint density at radius 3 is 1.92 bits per heavy atom. The maximum absolute atomic E-state index is 4.56. The van der Waals surface area contributed by atoms with Gasteiger partial charge in [-0.3, -0.25) is 4.98 Å². The van der Waals surface area contributed by atoms with Crippen LogP contribution >= 0.6 is 0 Å². The molecule has 1 aliphatic carbocycles. The third kappa shape index (κ3) is 3.23. The van der Waals surface area contributed by atoms with E-state index in [0.717, 1.165) is 11.3 Å². The lowest BCUT2D eigenvalue weighted by atomic mass is 9.81. The molecule has 1 aliphatic rings. The first-order valence-corrected chi connectivity index (χ1v) is 13.6. The monoisotopic (exact) mass is 497 g/mol. The Bertz CT molecular complexity index is 2080. The lowest BCUT2D eigenvalue weighted by molar-refractivity contribution is 0.661. The van der Waals surface area contributed by atoms with E-state index in [4.69, 9.17) is 0 Å². The summed E-state index contributed by atoms with van der Waals surface area (Å²) in [7, 11) is 0. The van der Waals surface area contributed by atoms with Gasteiger partial charge in [-0.25, -0.2) is 0 Å². The smallest absolute Gasteiger partial charge is 0.0702 e. The van der Waals surface area contributed by atoms with E-state index in [2.05, 4.69) is 128 Å². The molecule has 0 fully saturated rings. The Morgan fingerprint density at radius 1 is 0.436 bits per heavy atom. The molecule has 8 rings (SSSR count). The van der Waals surface area contributed by atoms with Gasteiger partial charge in [0.2, 0.25) is 0 Å². The van der Waals surface area contributed by atoms with Crippen LogP contribution in [-0.4, -0.2) is 4.98 Å². The van der Waals surface area contributed by atoms with Crippen molar-refractivity contribution in [1.29, 1.82) is 0 Å². The molecule has 1 aromatic heterocycles. The molecule has 1 heteroatoms. The molecule has 0 saturated carbocycles. The molecule has 1 nitrogen and oxygen atoms in total. The van der Waals surface area contributed by atoms with E-state index in [0.29, 0.717) is 0 Å². The molecular formula is C38H27N. The molecule has 39 heavy (non-hydrogen) atoms. The van der Waals surface area contributed by atoms with E-state index in [1.807, 2.05) is 18.3 Å². The number of aromatic nitrogens is 1. The largest absolute Gasteiger partial charge is 0.256 e. The topological polar surface area (TPSA) is 12.9 Å². The third-order valence-electron chi connectivity index (χ3n) is 8.70. The van der Waals surface area contributed by atoms with Crippen molar-refractivity contribution in [1.82, 2.24) is 4.98 Å². The highest BCUT2D eigenvalue weighted by Crippen LogP contribution is 2.51. The van der Waals surface area contributed by atoms with Gasteiger partial charge in [0.15, 0.2) is 0 Å². The van der Waals surface area contributed by atoms with Crippen LogP contribution < -0.4 is 0 Å². The molecule has 0 amide bonds. The fourth-order valence-electron chi connectivity index (χ4n) is 6.72.